The fourth-order valence-corrected chi connectivity index (χ4v) is 3.94. The van der Waals surface area contributed by atoms with Crippen LogP contribution in [0, 0.1) is 6.92 Å². The molecule has 1 unspecified atom stereocenters. The lowest BCUT2D eigenvalue weighted by atomic mass is 10.1. The summed E-state index contributed by atoms with van der Waals surface area (Å²) in [5.74, 6) is 1.05. The molecule has 5 nitrogen and oxygen atoms in total. The number of carbonyl (C=O) groups is 1. The first-order chi connectivity index (χ1) is 11.7. The molecule has 0 saturated heterocycles. The number of hydrogen-bond donors (Lipinski definition) is 1. The molecule has 0 spiro atoms. The highest BCUT2D eigenvalue weighted by Crippen LogP contribution is 2.22. The van der Waals surface area contributed by atoms with Crippen molar-refractivity contribution in [2.24, 2.45) is 0 Å². The van der Waals surface area contributed by atoms with Gasteiger partial charge in [0.2, 0.25) is 5.91 Å². The highest BCUT2D eigenvalue weighted by Gasteiger charge is 2.17. The molecule has 3 aromatic heterocycles. The Morgan fingerprint density at radius 2 is 2.25 bits per heavy atom. The maximum Gasteiger partial charge on any atom is 0.220 e. The van der Waals surface area contributed by atoms with Crippen LogP contribution in [0.1, 0.15) is 35.3 Å². The van der Waals surface area contributed by atoms with E-state index >= 15 is 0 Å². The van der Waals surface area contributed by atoms with E-state index in [2.05, 4.69) is 36.7 Å². The fraction of sp³-hybridized carbons (Fsp3) is 0.353. The average molecular weight is 361 g/mol. The maximum absolute atomic E-state index is 12.3. The number of nitrogens with one attached hydrogen (secondary N) is 1. The maximum atomic E-state index is 12.3. The third-order valence-electron chi connectivity index (χ3n) is 3.83. The van der Waals surface area contributed by atoms with Crippen LogP contribution in [0.4, 0.5) is 0 Å². The highest BCUT2D eigenvalue weighted by atomic mass is 32.1. The van der Waals surface area contributed by atoms with Crippen LogP contribution in [0.2, 0.25) is 0 Å². The van der Waals surface area contributed by atoms with Gasteiger partial charge in [-0.1, -0.05) is 0 Å². The topological polar surface area (TPSA) is 59.8 Å². The number of carbonyl (C=O) groups excluding carboxylic acids is 1. The quantitative estimate of drug-likeness (QED) is 0.668. The van der Waals surface area contributed by atoms with E-state index in [1.54, 1.807) is 35.1 Å². The second kappa shape index (κ2) is 8.21. The van der Waals surface area contributed by atoms with E-state index in [1.165, 1.54) is 5.56 Å². The van der Waals surface area contributed by atoms with E-state index < -0.39 is 0 Å². The van der Waals surface area contributed by atoms with Crippen LogP contribution in [0.25, 0.3) is 0 Å². The van der Waals surface area contributed by atoms with Gasteiger partial charge in [0.25, 0.3) is 0 Å². The number of hydrogen-bond acceptors (Lipinski definition) is 5. The summed E-state index contributed by atoms with van der Waals surface area (Å²) in [4.78, 5) is 20.9. The Bertz CT molecular complexity index is 750. The first-order valence-electron chi connectivity index (χ1n) is 7.90. The number of rotatable bonds is 8. The van der Waals surface area contributed by atoms with E-state index in [9.17, 15) is 4.79 Å². The Labute approximate surface area is 149 Å². The normalized spacial score (nSPS) is 12.2. The monoisotopic (exact) mass is 360 g/mol. The number of nitrogens with zero attached hydrogens (tertiary/aromatic N) is 3. The van der Waals surface area contributed by atoms with Crippen LogP contribution in [0.5, 0.6) is 0 Å². The smallest absolute Gasteiger partial charge is 0.220 e. The molecule has 1 amide bonds. The molecule has 0 aliphatic rings. The number of imidazole rings is 1. The molecule has 7 heteroatoms. The molecule has 1 atom stereocenters. The lowest BCUT2D eigenvalue weighted by Gasteiger charge is -2.16. The van der Waals surface area contributed by atoms with Gasteiger partial charge in [-0.25, -0.2) is 9.97 Å². The van der Waals surface area contributed by atoms with Crippen molar-refractivity contribution in [1.82, 2.24) is 19.9 Å². The minimum atomic E-state index is -0.0536. The van der Waals surface area contributed by atoms with Gasteiger partial charge in [0.15, 0.2) is 0 Å². The van der Waals surface area contributed by atoms with Crippen LogP contribution < -0.4 is 5.32 Å². The van der Waals surface area contributed by atoms with Crippen molar-refractivity contribution < 1.29 is 4.79 Å². The van der Waals surface area contributed by atoms with Crippen molar-refractivity contribution in [3.05, 3.63) is 57.2 Å². The van der Waals surface area contributed by atoms with E-state index in [-0.39, 0.29) is 11.9 Å². The lowest BCUT2D eigenvalue weighted by Crippen LogP contribution is -2.29. The van der Waals surface area contributed by atoms with E-state index in [0.717, 1.165) is 30.2 Å². The Hall–Kier alpha value is -1.99. The minimum absolute atomic E-state index is 0.0536. The lowest BCUT2D eigenvalue weighted by molar-refractivity contribution is -0.122. The molecule has 3 rings (SSSR count). The zero-order valence-electron chi connectivity index (χ0n) is 13.5. The summed E-state index contributed by atoms with van der Waals surface area (Å²) in [6.07, 6.45) is 7.60. The van der Waals surface area contributed by atoms with Gasteiger partial charge in [-0.3, -0.25) is 4.79 Å². The molecular weight excluding hydrogens is 340 g/mol. The number of amides is 1. The standard InChI is InChI=1S/C17H20N4OS2/c1-13-18-5-8-21(13)7-2-3-16(22)20-15(17-19-6-10-24-17)11-14-4-9-23-12-14/h4-6,8-10,12,15H,2-3,7,11H2,1H3,(H,20,22). The summed E-state index contributed by atoms with van der Waals surface area (Å²) in [6.45, 7) is 2.78. The molecule has 0 bridgehead atoms. The van der Waals surface area contributed by atoms with Gasteiger partial charge in [-0.05, 0) is 35.7 Å². The van der Waals surface area contributed by atoms with E-state index in [1.807, 2.05) is 18.5 Å². The van der Waals surface area contributed by atoms with Gasteiger partial charge in [0, 0.05) is 43.4 Å². The SMILES string of the molecule is Cc1nccn1CCCC(=O)NC(Cc1ccsc1)c1nccs1. The third kappa shape index (κ3) is 4.52. The Morgan fingerprint density at radius 3 is 2.92 bits per heavy atom. The molecule has 0 saturated carbocycles. The summed E-state index contributed by atoms with van der Waals surface area (Å²) < 4.78 is 2.07. The van der Waals surface area contributed by atoms with Crippen molar-refractivity contribution in [2.75, 3.05) is 0 Å². The van der Waals surface area contributed by atoms with Crippen molar-refractivity contribution in [1.29, 1.82) is 0 Å². The molecule has 0 aliphatic carbocycles. The van der Waals surface area contributed by atoms with Crippen molar-refractivity contribution >= 4 is 28.6 Å². The second-order valence-corrected chi connectivity index (χ2v) is 7.30. The largest absolute Gasteiger partial charge is 0.347 e. The molecule has 1 N–H and O–H groups in total. The zero-order valence-corrected chi connectivity index (χ0v) is 15.1. The zero-order chi connectivity index (χ0) is 16.8. The van der Waals surface area contributed by atoms with Gasteiger partial charge >= 0.3 is 0 Å². The average Bonchev–Trinajstić information content (AvgIpc) is 3.30. The molecule has 0 aliphatic heterocycles. The van der Waals surface area contributed by atoms with Crippen molar-refractivity contribution in [3.8, 4) is 0 Å². The third-order valence-corrected chi connectivity index (χ3v) is 5.45. The molecule has 126 valence electrons. The highest BCUT2D eigenvalue weighted by molar-refractivity contribution is 7.09. The number of thiazole rings is 1. The van der Waals surface area contributed by atoms with Gasteiger partial charge in [0.1, 0.15) is 10.8 Å². The molecule has 3 heterocycles. The van der Waals surface area contributed by atoms with Crippen LogP contribution in [0.15, 0.2) is 40.8 Å². The van der Waals surface area contributed by atoms with Crippen molar-refractivity contribution in [2.45, 2.75) is 38.8 Å². The predicted octanol–water partition coefficient (Wildman–Crippen LogP) is 3.59. The molecule has 0 aromatic carbocycles. The van der Waals surface area contributed by atoms with Gasteiger partial charge < -0.3 is 9.88 Å². The van der Waals surface area contributed by atoms with Gasteiger partial charge in [-0.2, -0.15) is 11.3 Å². The first-order valence-corrected chi connectivity index (χ1v) is 9.72. The van der Waals surface area contributed by atoms with E-state index in [0.29, 0.717) is 6.42 Å². The van der Waals surface area contributed by atoms with Gasteiger partial charge in [0.05, 0.1) is 6.04 Å². The predicted molar refractivity (Wildman–Crippen MR) is 97.2 cm³/mol. The Kier molecular flexibility index (Phi) is 5.77. The first kappa shape index (κ1) is 16.9. The molecule has 0 radical (unpaired) electrons. The molecule has 3 aromatic rings. The van der Waals surface area contributed by atoms with Crippen LogP contribution in [-0.2, 0) is 17.8 Å². The summed E-state index contributed by atoms with van der Waals surface area (Å²) >= 11 is 3.26. The molecular formula is C17H20N4OS2. The number of aryl methyl sites for hydroxylation is 2. The minimum Gasteiger partial charge on any atom is -0.347 e. The van der Waals surface area contributed by atoms with E-state index in [4.69, 9.17) is 0 Å². The van der Waals surface area contributed by atoms with Crippen molar-refractivity contribution in [3.63, 3.8) is 0 Å². The molecule has 0 fully saturated rings. The van der Waals surface area contributed by atoms with Crippen LogP contribution in [-0.4, -0.2) is 20.4 Å². The summed E-state index contributed by atoms with van der Waals surface area (Å²) in [5.41, 5.74) is 1.23. The van der Waals surface area contributed by atoms with Crippen LogP contribution >= 0.6 is 22.7 Å². The summed E-state index contributed by atoms with van der Waals surface area (Å²) in [5, 5.41) is 10.2. The molecule has 24 heavy (non-hydrogen) atoms. The fourth-order valence-electron chi connectivity index (χ4n) is 2.57. The Balaban J connectivity index is 1.54. The summed E-state index contributed by atoms with van der Waals surface area (Å²) in [6, 6.07) is 2.04. The van der Waals surface area contributed by atoms with Gasteiger partial charge in [-0.15, -0.1) is 11.3 Å². The Morgan fingerprint density at radius 1 is 1.33 bits per heavy atom. The second-order valence-electron chi connectivity index (χ2n) is 5.60. The number of thiophene rings is 1. The van der Waals surface area contributed by atoms with Crippen LogP contribution in [0.3, 0.4) is 0 Å². The number of aromatic nitrogens is 3. The summed E-state index contributed by atoms with van der Waals surface area (Å²) in [7, 11) is 0.